The van der Waals surface area contributed by atoms with Crippen LogP contribution in [0.1, 0.15) is 18.1 Å². The minimum Gasteiger partial charge on any atom is -0.390 e. The van der Waals surface area contributed by atoms with Gasteiger partial charge in [0.05, 0.1) is 16.9 Å². The van der Waals surface area contributed by atoms with Crippen molar-refractivity contribution in [3.8, 4) is 0 Å². The van der Waals surface area contributed by atoms with Crippen molar-refractivity contribution in [3.63, 3.8) is 0 Å². The summed E-state index contributed by atoms with van der Waals surface area (Å²) in [4.78, 5) is 0.744. The molecule has 0 heterocycles. The van der Waals surface area contributed by atoms with E-state index < -0.39 is 23.0 Å². The van der Waals surface area contributed by atoms with Crippen molar-refractivity contribution in [2.75, 3.05) is 5.75 Å². The lowest BCUT2D eigenvalue weighted by molar-refractivity contribution is 0.0171. The second-order valence-corrected chi connectivity index (χ2v) is 6.14. The molecule has 20 heavy (non-hydrogen) atoms. The first kappa shape index (κ1) is 14.9. The maximum absolute atomic E-state index is 12.0. The van der Waals surface area contributed by atoms with Gasteiger partial charge in [-0.2, -0.15) is 0 Å². The lowest BCUT2D eigenvalue weighted by atomic mass is 10.0. The molecule has 0 aliphatic heterocycles. The summed E-state index contributed by atoms with van der Waals surface area (Å²) in [7, 11) is -1.15. The van der Waals surface area contributed by atoms with E-state index in [1.54, 1.807) is 24.3 Å². The van der Waals surface area contributed by atoms with E-state index >= 15 is 0 Å². The lowest BCUT2D eigenvalue weighted by Gasteiger charge is -2.17. The summed E-state index contributed by atoms with van der Waals surface area (Å²) in [6.45, 7) is 0. The van der Waals surface area contributed by atoms with Crippen molar-refractivity contribution in [3.05, 3.63) is 66.2 Å². The van der Waals surface area contributed by atoms with E-state index in [2.05, 4.69) is 0 Å². The van der Waals surface area contributed by atoms with Crippen LogP contribution < -0.4 is 0 Å². The fraction of sp³-hybridized carbons (Fsp3) is 0.250. The zero-order valence-corrected chi connectivity index (χ0v) is 11.9. The number of benzene rings is 2. The number of rotatable bonds is 6. The average Bonchev–Trinajstić information content (AvgIpc) is 2.53. The zero-order chi connectivity index (χ0) is 14.4. The van der Waals surface area contributed by atoms with E-state index in [1.165, 1.54) is 0 Å². The highest BCUT2D eigenvalue weighted by Gasteiger charge is 2.19. The first-order valence-corrected chi connectivity index (χ1v) is 7.85. The highest BCUT2D eigenvalue weighted by molar-refractivity contribution is 7.85. The Balaban J connectivity index is 1.89. The predicted molar refractivity (Wildman–Crippen MR) is 79.7 cm³/mol. The van der Waals surface area contributed by atoms with E-state index in [1.807, 2.05) is 36.4 Å². The van der Waals surface area contributed by atoms with E-state index in [0.29, 0.717) is 11.3 Å². The Morgan fingerprint density at radius 1 is 0.900 bits per heavy atom. The van der Waals surface area contributed by atoms with Crippen LogP contribution in [0.15, 0.2) is 65.6 Å². The van der Waals surface area contributed by atoms with Crippen molar-refractivity contribution < 1.29 is 14.4 Å². The molecular weight excluding hydrogens is 272 g/mol. The molecule has 0 saturated heterocycles. The van der Waals surface area contributed by atoms with Crippen LogP contribution in [0.4, 0.5) is 0 Å². The smallest absolute Gasteiger partial charge is 0.105 e. The normalized spacial score (nSPS) is 15.5. The van der Waals surface area contributed by atoms with Crippen LogP contribution >= 0.6 is 0 Å². The van der Waals surface area contributed by atoms with Gasteiger partial charge in [-0.05, 0) is 24.1 Å². The molecule has 0 aliphatic carbocycles. The Hall–Kier alpha value is -1.49. The van der Waals surface area contributed by atoms with Crippen LogP contribution in [0.25, 0.3) is 0 Å². The fourth-order valence-electron chi connectivity index (χ4n) is 1.95. The average molecular weight is 290 g/mol. The summed E-state index contributed by atoms with van der Waals surface area (Å²) in [6.07, 6.45) is -1.56. The zero-order valence-electron chi connectivity index (χ0n) is 11.1. The molecule has 0 aromatic heterocycles. The van der Waals surface area contributed by atoms with Gasteiger partial charge in [0.15, 0.2) is 0 Å². The van der Waals surface area contributed by atoms with Crippen molar-refractivity contribution in [2.24, 2.45) is 0 Å². The van der Waals surface area contributed by atoms with Crippen molar-refractivity contribution >= 4 is 10.8 Å². The van der Waals surface area contributed by atoms with Gasteiger partial charge in [0, 0.05) is 10.6 Å². The van der Waals surface area contributed by atoms with E-state index in [-0.39, 0.29) is 6.42 Å². The Kier molecular flexibility index (Phi) is 5.47. The molecule has 2 aromatic rings. The molecular formula is C16H18O3S. The van der Waals surface area contributed by atoms with Gasteiger partial charge in [-0.15, -0.1) is 0 Å². The SMILES string of the molecule is O=S(CC[C@@H](O)[C@H](O)c1ccccc1)c1ccccc1. The summed E-state index contributed by atoms with van der Waals surface area (Å²) >= 11 is 0. The van der Waals surface area contributed by atoms with Crippen LogP contribution in [0.2, 0.25) is 0 Å². The lowest BCUT2D eigenvalue weighted by Crippen LogP contribution is -2.20. The van der Waals surface area contributed by atoms with Gasteiger partial charge in [0.1, 0.15) is 6.10 Å². The summed E-state index contributed by atoms with van der Waals surface area (Å²) < 4.78 is 12.0. The molecule has 0 bridgehead atoms. The summed E-state index contributed by atoms with van der Waals surface area (Å²) in [5, 5.41) is 20.0. The molecule has 2 N–H and O–H groups in total. The molecule has 3 atom stereocenters. The number of hydrogen-bond acceptors (Lipinski definition) is 3. The molecule has 0 fully saturated rings. The van der Waals surface area contributed by atoms with Gasteiger partial charge < -0.3 is 10.2 Å². The van der Waals surface area contributed by atoms with Gasteiger partial charge in [-0.3, -0.25) is 4.21 Å². The summed E-state index contributed by atoms with van der Waals surface area (Å²) in [6, 6.07) is 18.2. The molecule has 0 radical (unpaired) electrons. The van der Waals surface area contributed by atoms with Crippen LogP contribution in [-0.4, -0.2) is 26.3 Å². The fourth-order valence-corrected chi connectivity index (χ4v) is 3.10. The maximum atomic E-state index is 12.0. The van der Waals surface area contributed by atoms with Gasteiger partial charge in [0.25, 0.3) is 0 Å². The first-order chi connectivity index (χ1) is 9.68. The second kappa shape index (κ2) is 7.33. The molecule has 2 rings (SSSR count). The monoisotopic (exact) mass is 290 g/mol. The third-order valence-electron chi connectivity index (χ3n) is 3.11. The molecule has 0 aliphatic rings. The number of aliphatic hydroxyl groups is 2. The molecule has 4 heteroatoms. The maximum Gasteiger partial charge on any atom is 0.105 e. The minimum absolute atomic E-state index is 0.289. The van der Waals surface area contributed by atoms with Crippen molar-refractivity contribution in [1.29, 1.82) is 0 Å². The van der Waals surface area contributed by atoms with Gasteiger partial charge in [0.2, 0.25) is 0 Å². The molecule has 2 aromatic carbocycles. The highest BCUT2D eigenvalue weighted by Crippen LogP contribution is 2.19. The third kappa shape index (κ3) is 4.00. The van der Waals surface area contributed by atoms with E-state index in [0.717, 1.165) is 4.90 Å². The largest absolute Gasteiger partial charge is 0.390 e. The van der Waals surface area contributed by atoms with Crippen LogP contribution in [-0.2, 0) is 10.8 Å². The summed E-state index contributed by atoms with van der Waals surface area (Å²) in [5.74, 6) is 0.328. The Labute approximate surface area is 121 Å². The Bertz CT molecular complexity index is 542. The number of aliphatic hydroxyl groups excluding tert-OH is 2. The molecule has 0 amide bonds. The number of hydrogen-bond donors (Lipinski definition) is 2. The first-order valence-electron chi connectivity index (χ1n) is 6.53. The molecule has 3 nitrogen and oxygen atoms in total. The van der Waals surface area contributed by atoms with Crippen molar-refractivity contribution in [2.45, 2.75) is 23.5 Å². The van der Waals surface area contributed by atoms with Gasteiger partial charge in [-0.1, -0.05) is 48.5 Å². The van der Waals surface area contributed by atoms with E-state index in [9.17, 15) is 14.4 Å². The van der Waals surface area contributed by atoms with Crippen molar-refractivity contribution in [1.82, 2.24) is 0 Å². The van der Waals surface area contributed by atoms with Crippen LogP contribution in [0.5, 0.6) is 0 Å². The van der Waals surface area contributed by atoms with Gasteiger partial charge >= 0.3 is 0 Å². The predicted octanol–water partition coefficient (Wildman–Crippen LogP) is 2.28. The van der Waals surface area contributed by atoms with Gasteiger partial charge in [-0.25, -0.2) is 0 Å². The molecule has 0 saturated carbocycles. The topological polar surface area (TPSA) is 57.5 Å². The third-order valence-corrected chi connectivity index (χ3v) is 4.52. The Morgan fingerprint density at radius 2 is 1.45 bits per heavy atom. The Morgan fingerprint density at radius 3 is 2.05 bits per heavy atom. The quantitative estimate of drug-likeness (QED) is 0.858. The summed E-state index contributed by atoms with van der Waals surface area (Å²) in [5.41, 5.74) is 0.672. The second-order valence-electron chi connectivity index (χ2n) is 4.57. The van der Waals surface area contributed by atoms with Crippen LogP contribution in [0.3, 0.4) is 0 Å². The standard InChI is InChI=1S/C16H18O3S/c17-15(16(18)13-7-3-1-4-8-13)11-12-20(19)14-9-5-2-6-10-14/h1-10,15-18H,11-12H2/t15-,16-,20?/m1/s1. The molecule has 106 valence electrons. The molecule has 1 unspecified atom stereocenters. The minimum atomic E-state index is -1.15. The molecule has 0 spiro atoms. The van der Waals surface area contributed by atoms with Crippen LogP contribution in [0, 0.1) is 0 Å². The van der Waals surface area contributed by atoms with E-state index in [4.69, 9.17) is 0 Å². The highest BCUT2D eigenvalue weighted by atomic mass is 32.2.